The summed E-state index contributed by atoms with van der Waals surface area (Å²) in [5.41, 5.74) is 2.24. The summed E-state index contributed by atoms with van der Waals surface area (Å²) in [4.78, 5) is 4.30. The van der Waals surface area contributed by atoms with Gasteiger partial charge in [0.15, 0.2) is 0 Å². The molecular formula is C12H14BrN. The van der Waals surface area contributed by atoms with E-state index in [1.54, 1.807) is 0 Å². The second-order valence-electron chi connectivity index (χ2n) is 2.85. The van der Waals surface area contributed by atoms with Gasteiger partial charge in [-0.1, -0.05) is 29.8 Å². The summed E-state index contributed by atoms with van der Waals surface area (Å²) in [5, 5.41) is 1.18. The average molecular weight is 252 g/mol. The van der Waals surface area contributed by atoms with Gasteiger partial charge < -0.3 is 0 Å². The van der Waals surface area contributed by atoms with Crippen molar-refractivity contribution < 1.29 is 0 Å². The summed E-state index contributed by atoms with van der Waals surface area (Å²) in [7, 11) is 0. The lowest BCUT2D eigenvalue weighted by Gasteiger charge is -1.98. The fraction of sp³-hybridized carbons (Fsp3) is 0.250. The predicted octanol–water partition coefficient (Wildman–Crippen LogP) is 4.33. The van der Waals surface area contributed by atoms with Gasteiger partial charge >= 0.3 is 0 Å². The third kappa shape index (κ3) is 2.55. The lowest BCUT2D eigenvalue weighted by molar-refractivity contribution is 1.33. The van der Waals surface area contributed by atoms with Crippen molar-refractivity contribution >= 4 is 26.8 Å². The molecule has 0 aliphatic rings. The first kappa shape index (κ1) is 11.2. The minimum absolute atomic E-state index is 1.05. The number of rotatable bonds is 0. The molecule has 0 fully saturated rings. The van der Waals surface area contributed by atoms with Gasteiger partial charge in [-0.05, 0) is 36.8 Å². The van der Waals surface area contributed by atoms with Gasteiger partial charge in [0, 0.05) is 16.1 Å². The molecule has 74 valence electrons. The first-order valence-corrected chi connectivity index (χ1v) is 5.57. The molecule has 2 heteroatoms. The Kier molecular flexibility index (Phi) is 4.08. The van der Waals surface area contributed by atoms with Gasteiger partial charge in [-0.15, -0.1) is 0 Å². The normalized spacial score (nSPS) is 9.43. The molecule has 0 amide bonds. The van der Waals surface area contributed by atoms with Gasteiger partial charge in [0.05, 0.1) is 5.52 Å². The monoisotopic (exact) mass is 251 g/mol. The Balaban J connectivity index is 0.000000461. The Bertz CT molecular complexity index is 387. The van der Waals surface area contributed by atoms with Crippen molar-refractivity contribution in [3.05, 3.63) is 40.5 Å². The van der Waals surface area contributed by atoms with Gasteiger partial charge in [-0.2, -0.15) is 0 Å². The van der Waals surface area contributed by atoms with E-state index in [1.165, 1.54) is 10.9 Å². The highest BCUT2D eigenvalue weighted by Gasteiger charge is 1.94. The van der Waals surface area contributed by atoms with Crippen molar-refractivity contribution in [2.75, 3.05) is 0 Å². The molecule has 0 atom stereocenters. The number of halogens is 1. The topological polar surface area (TPSA) is 12.9 Å². The number of aromatic nitrogens is 1. The number of nitrogens with zero attached hydrogens (tertiary/aromatic N) is 1. The standard InChI is InChI=1S/C10H8BrN.C2H6/c1-7-4-8-5-9(11)2-3-10(8)12-6-7;1-2/h2-6H,1H3;1-2H3. The van der Waals surface area contributed by atoms with Crippen molar-refractivity contribution in [2.24, 2.45) is 0 Å². The van der Waals surface area contributed by atoms with Gasteiger partial charge in [0.2, 0.25) is 0 Å². The second kappa shape index (κ2) is 5.11. The maximum Gasteiger partial charge on any atom is 0.0702 e. The van der Waals surface area contributed by atoms with Crippen LogP contribution in [0, 0.1) is 6.92 Å². The lowest BCUT2D eigenvalue weighted by Crippen LogP contribution is -1.80. The summed E-state index contributed by atoms with van der Waals surface area (Å²) in [6, 6.07) is 8.23. The molecule has 2 rings (SSSR count). The fourth-order valence-corrected chi connectivity index (χ4v) is 1.59. The zero-order valence-electron chi connectivity index (χ0n) is 8.71. The molecule has 1 heterocycles. The summed E-state index contributed by atoms with van der Waals surface area (Å²) < 4.78 is 1.10. The molecule has 1 nitrogen and oxygen atoms in total. The molecule has 14 heavy (non-hydrogen) atoms. The molecule has 0 spiro atoms. The van der Waals surface area contributed by atoms with Crippen LogP contribution < -0.4 is 0 Å². The minimum atomic E-state index is 1.05. The predicted molar refractivity (Wildman–Crippen MR) is 65.5 cm³/mol. The van der Waals surface area contributed by atoms with Crippen LogP contribution in [0.25, 0.3) is 10.9 Å². The van der Waals surface area contributed by atoms with Gasteiger partial charge in [-0.3, -0.25) is 4.98 Å². The number of aryl methyl sites for hydroxylation is 1. The van der Waals surface area contributed by atoms with E-state index in [4.69, 9.17) is 0 Å². The molecule has 1 aromatic carbocycles. The Hall–Kier alpha value is -0.890. The average Bonchev–Trinajstić information content (AvgIpc) is 2.20. The van der Waals surface area contributed by atoms with Gasteiger partial charge in [-0.25, -0.2) is 0 Å². The second-order valence-corrected chi connectivity index (χ2v) is 3.77. The van der Waals surface area contributed by atoms with E-state index >= 15 is 0 Å². The van der Waals surface area contributed by atoms with Crippen LogP contribution >= 0.6 is 15.9 Å². The fourth-order valence-electron chi connectivity index (χ4n) is 1.21. The van der Waals surface area contributed by atoms with Crippen molar-refractivity contribution in [1.82, 2.24) is 4.98 Å². The van der Waals surface area contributed by atoms with Crippen LogP contribution in [0.3, 0.4) is 0 Å². The SMILES string of the molecule is CC.Cc1cnc2ccc(Br)cc2c1. The number of pyridine rings is 1. The number of fused-ring (bicyclic) bond motifs is 1. The highest BCUT2D eigenvalue weighted by atomic mass is 79.9. The van der Waals surface area contributed by atoms with E-state index in [0.717, 1.165) is 9.99 Å². The molecule has 0 saturated heterocycles. The zero-order valence-corrected chi connectivity index (χ0v) is 10.3. The lowest BCUT2D eigenvalue weighted by atomic mass is 10.2. The van der Waals surface area contributed by atoms with E-state index in [0.29, 0.717) is 0 Å². The maximum absolute atomic E-state index is 4.30. The third-order valence-electron chi connectivity index (χ3n) is 1.78. The summed E-state index contributed by atoms with van der Waals surface area (Å²) in [6.45, 7) is 6.05. The van der Waals surface area contributed by atoms with Crippen LogP contribution in [0.4, 0.5) is 0 Å². The molecule has 0 saturated carbocycles. The maximum atomic E-state index is 4.30. The van der Waals surface area contributed by atoms with E-state index in [1.807, 2.05) is 39.1 Å². The van der Waals surface area contributed by atoms with Gasteiger partial charge in [0.1, 0.15) is 0 Å². The molecule has 0 bridgehead atoms. The minimum Gasteiger partial charge on any atom is -0.256 e. The molecule has 0 N–H and O–H groups in total. The van der Waals surface area contributed by atoms with Gasteiger partial charge in [0.25, 0.3) is 0 Å². The van der Waals surface area contributed by atoms with Crippen LogP contribution in [0.15, 0.2) is 34.9 Å². The Morgan fingerprint density at radius 2 is 1.86 bits per heavy atom. The smallest absolute Gasteiger partial charge is 0.0702 e. The Morgan fingerprint density at radius 1 is 1.14 bits per heavy atom. The van der Waals surface area contributed by atoms with E-state index < -0.39 is 0 Å². The molecule has 0 radical (unpaired) electrons. The Labute approximate surface area is 93.3 Å². The summed E-state index contributed by atoms with van der Waals surface area (Å²) in [5.74, 6) is 0. The molecule has 1 aromatic heterocycles. The highest BCUT2D eigenvalue weighted by molar-refractivity contribution is 9.10. The molecule has 0 aliphatic heterocycles. The van der Waals surface area contributed by atoms with Crippen LogP contribution in [0.5, 0.6) is 0 Å². The van der Waals surface area contributed by atoms with E-state index in [9.17, 15) is 0 Å². The van der Waals surface area contributed by atoms with E-state index in [-0.39, 0.29) is 0 Å². The molecule has 0 unspecified atom stereocenters. The molecular weight excluding hydrogens is 238 g/mol. The quantitative estimate of drug-likeness (QED) is 0.679. The number of benzene rings is 1. The van der Waals surface area contributed by atoms with Crippen LogP contribution in [-0.2, 0) is 0 Å². The third-order valence-corrected chi connectivity index (χ3v) is 2.27. The zero-order chi connectivity index (χ0) is 10.6. The van der Waals surface area contributed by atoms with Crippen molar-refractivity contribution in [1.29, 1.82) is 0 Å². The Morgan fingerprint density at radius 3 is 2.57 bits per heavy atom. The number of hydrogen-bond donors (Lipinski definition) is 0. The van der Waals surface area contributed by atoms with Crippen LogP contribution in [0.1, 0.15) is 19.4 Å². The molecule has 2 aromatic rings. The number of hydrogen-bond acceptors (Lipinski definition) is 1. The van der Waals surface area contributed by atoms with E-state index in [2.05, 4.69) is 33.0 Å². The van der Waals surface area contributed by atoms with Crippen molar-refractivity contribution in [3.8, 4) is 0 Å². The largest absolute Gasteiger partial charge is 0.256 e. The van der Waals surface area contributed by atoms with Crippen molar-refractivity contribution in [3.63, 3.8) is 0 Å². The van der Waals surface area contributed by atoms with Crippen LogP contribution in [-0.4, -0.2) is 4.98 Å². The molecule has 0 aliphatic carbocycles. The first-order valence-electron chi connectivity index (χ1n) is 4.77. The summed E-state index contributed by atoms with van der Waals surface area (Å²) in [6.07, 6.45) is 1.89. The first-order chi connectivity index (χ1) is 6.75. The summed E-state index contributed by atoms with van der Waals surface area (Å²) >= 11 is 3.43. The highest BCUT2D eigenvalue weighted by Crippen LogP contribution is 2.18. The van der Waals surface area contributed by atoms with Crippen LogP contribution in [0.2, 0.25) is 0 Å². The van der Waals surface area contributed by atoms with Crippen molar-refractivity contribution in [2.45, 2.75) is 20.8 Å².